The van der Waals surface area contributed by atoms with Gasteiger partial charge in [-0.25, -0.2) is 0 Å². The zero-order valence-electron chi connectivity index (χ0n) is 21.8. The first-order valence-corrected chi connectivity index (χ1v) is 14.1. The minimum atomic E-state index is -0.527. The first kappa shape index (κ1) is 27.2. The molecule has 1 aliphatic rings. The number of para-hydroxylation sites is 1. The van der Waals surface area contributed by atoms with Gasteiger partial charge in [-0.1, -0.05) is 68.9 Å². The molecule has 38 heavy (non-hydrogen) atoms. The van der Waals surface area contributed by atoms with E-state index < -0.39 is 5.92 Å². The number of carbonyl (C=O) groups excluding carboxylic acids is 2. The Morgan fingerprint density at radius 1 is 1.00 bits per heavy atom. The summed E-state index contributed by atoms with van der Waals surface area (Å²) in [6.07, 6.45) is 0. The van der Waals surface area contributed by atoms with E-state index in [0.717, 1.165) is 10.6 Å². The first-order chi connectivity index (χ1) is 18.2. The Bertz CT molecular complexity index is 1410. The lowest BCUT2D eigenvalue weighted by Crippen LogP contribution is -2.30. The first-order valence-electron chi connectivity index (χ1n) is 12.2. The van der Waals surface area contributed by atoms with Crippen molar-refractivity contribution in [1.82, 2.24) is 5.32 Å². The van der Waals surface area contributed by atoms with Crippen LogP contribution in [0.5, 0.6) is 0 Å². The summed E-state index contributed by atoms with van der Waals surface area (Å²) in [5.41, 5.74) is 4.18. The molecular formula is C30H30N4O2S2. The Labute approximate surface area is 231 Å². The van der Waals surface area contributed by atoms with Crippen LogP contribution in [-0.4, -0.2) is 17.6 Å². The number of hydrogen-bond donors (Lipinski definition) is 3. The van der Waals surface area contributed by atoms with Gasteiger partial charge in [0, 0.05) is 27.5 Å². The standard InChI is InChI=1S/C30H30N4O2S2/c1-19-26(28(36)34-21-9-6-5-7-10-21)27(24-11-8-16-37-24)23(17-31)29(32-19)38-18-25(35)33-22-14-12-20(13-15-22)30(2,3)4/h5-16,27,32H,18H2,1-4H3,(H,33,35)(H,34,36). The lowest BCUT2D eigenvalue weighted by Gasteiger charge is -2.29. The molecule has 1 unspecified atom stereocenters. The fraction of sp³-hybridized carbons (Fsp3) is 0.233. The van der Waals surface area contributed by atoms with Crippen molar-refractivity contribution < 1.29 is 9.59 Å². The van der Waals surface area contributed by atoms with E-state index in [2.05, 4.69) is 42.8 Å². The highest BCUT2D eigenvalue weighted by Gasteiger charge is 2.35. The Kier molecular flexibility index (Phi) is 8.40. The fourth-order valence-electron chi connectivity index (χ4n) is 4.18. The molecule has 0 radical (unpaired) electrons. The minimum Gasteiger partial charge on any atom is -0.353 e. The summed E-state index contributed by atoms with van der Waals surface area (Å²) in [7, 11) is 0. The van der Waals surface area contributed by atoms with Crippen LogP contribution in [0.2, 0.25) is 0 Å². The molecule has 194 valence electrons. The highest BCUT2D eigenvalue weighted by atomic mass is 32.2. The van der Waals surface area contributed by atoms with Gasteiger partial charge in [0.2, 0.25) is 5.91 Å². The normalized spacial score (nSPS) is 15.5. The van der Waals surface area contributed by atoms with E-state index in [9.17, 15) is 14.9 Å². The average Bonchev–Trinajstić information content (AvgIpc) is 3.42. The lowest BCUT2D eigenvalue weighted by atomic mass is 9.86. The molecule has 2 amide bonds. The molecule has 0 saturated heterocycles. The van der Waals surface area contributed by atoms with Gasteiger partial charge in [0.15, 0.2) is 0 Å². The number of nitrogens with zero attached hydrogens (tertiary/aromatic N) is 1. The van der Waals surface area contributed by atoms with Crippen LogP contribution in [0.1, 0.15) is 44.1 Å². The SMILES string of the molecule is CC1=C(C(=O)Nc2ccccc2)C(c2cccs2)C(C#N)=C(SCC(=O)Nc2ccc(C(C)(C)C)cc2)N1. The number of rotatable bonds is 7. The maximum atomic E-state index is 13.4. The third kappa shape index (κ3) is 6.36. The molecule has 3 N–H and O–H groups in total. The number of benzene rings is 2. The van der Waals surface area contributed by atoms with Gasteiger partial charge in [-0.2, -0.15) is 5.26 Å². The van der Waals surface area contributed by atoms with E-state index in [0.29, 0.717) is 27.6 Å². The van der Waals surface area contributed by atoms with Crippen LogP contribution < -0.4 is 16.0 Å². The van der Waals surface area contributed by atoms with Gasteiger partial charge in [-0.15, -0.1) is 11.3 Å². The summed E-state index contributed by atoms with van der Waals surface area (Å²) in [5, 5.41) is 21.8. The largest absolute Gasteiger partial charge is 0.353 e. The summed E-state index contributed by atoms with van der Waals surface area (Å²) in [5.74, 6) is -0.856. The van der Waals surface area contributed by atoms with Crippen molar-refractivity contribution in [1.29, 1.82) is 5.26 Å². The molecule has 1 atom stereocenters. The van der Waals surface area contributed by atoms with Crippen LogP contribution in [0.15, 0.2) is 94.0 Å². The van der Waals surface area contributed by atoms with E-state index in [1.54, 1.807) is 0 Å². The Hall–Kier alpha value is -3.80. The molecule has 1 aromatic heterocycles. The Morgan fingerprint density at radius 3 is 2.29 bits per heavy atom. The Morgan fingerprint density at radius 2 is 1.68 bits per heavy atom. The van der Waals surface area contributed by atoms with Crippen LogP contribution in [0.4, 0.5) is 11.4 Å². The number of carbonyl (C=O) groups is 2. The lowest BCUT2D eigenvalue weighted by molar-refractivity contribution is -0.114. The molecule has 0 spiro atoms. The summed E-state index contributed by atoms with van der Waals surface area (Å²) >= 11 is 2.75. The van der Waals surface area contributed by atoms with E-state index in [1.165, 1.54) is 28.7 Å². The number of nitrogens with one attached hydrogen (secondary N) is 3. The number of thioether (sulfide) groups is 1. The summed E-state index contributed by atoms with van der Waals surface area (Å²) < 4.78 is 0. The van der Waals surface area contributed by atoms with Gasteiger partial charge >= 0.3 is 0 Å². The van der Waals surface area contributed by atoms with Gasteiger partial charge in [-0.05, 0) is 53.6 Å². The zero-order valence-corrected chi connectivity index (χ0v) is 23.4. The number of anilines is 2. The zero-order chi connectivity index (χ0) is 27.3. The third-order valence-electron chi connectivity index (χ3n) is 6.13. The maximum absolute atomic E-state index is 13.4. The Balaban J connectivity index is 1.53. The van der Waals surface area contributed by atoms with Gasteiger partial charge in [0.25, 0.3) is 5.91 Å². The number of allylic oxidation sites excluding steroid dienone is 2. The molecule has 2 heterocycles. The molecule has 3 aromatic rings. The van der Waals surface area contributed by atoms with Crippen molar-refractivity contribution >= 4 is 46.3 Å². The van der Waals surface area contributed by atoms with Crippen LogP contribution >= 0.6 is 23.1 Å². The smallest absolute Gasteiger partial charge is 0.254 e. The monoisotopic (exact) mass is 542 g/mol. The van der Waals surface area contributed by atoms with Crippen molar-refractivity contribution in [3.63, 3.8) is 0 Å². The molecule has 0 bridgehead atoms. The van der Waals surface area contributed by atoms with Crippen molar-refractivity contribution in [2.75, 3.05) is 16.4 Å². The predicted molar refractivity (Wildman–Crippen MR) is 157 cm³/mol. The number of dihydropyridines is 1. The van der Waals surface area contributed by atoms with Gasteiger partial charge in [-0.3, -0.25) is 9.59 Å². The molecule has 0 fully saturated rings. The minimum absolute atomic E-state index is 0.0343. The van der Waals surface area contributed by atoms with Crippen molar-refractivity contribution in [2.45, 2.75) is 39.0 Å². The van der Waals surface area contributed by atoms with Gasteiger partial charge < -0.3 is 16.0 Å². The average molecular weight is 543 g/mol. The number of nitriles is 1. The second kappa shape index (κ2) is 11.7. The highest BCUT2D eigenvalue weighted by Crippen LogP contribution is 2.42. The van der Waals surface area contributed by atoms with Crippen molar-refractivity contribution in [3.8, 4) is 6.07 Å². The second-order valence-corrected chi connectivity index (χ2v) is 11.9. The molecule has 1 aliphatic heterocycles. The maximum Gasteiger partial charge on any atom is 0.254 e. The highest BCUT2D eigenvalue weighted by molar-refractivity contribution is 8.03. The fourth-order valence-corrected chi connectivity index (χ4v) is 5.91. The number of amides is 2. The summed E-state index contributed by atoms with van der Waals surface area (Å²) in [6.45, 7) is 8.26. The van der Waals surface area contributed by atoms with E-state index >= 15 is 0 Å². The summed E-state index contributed by atoms with van der Waals surface area (Å²) in [4.78, 5) is 27.1. The van der Waals surface area contributed by atoms with Crippen LogP contribution in [0, 0.1) is 11.3 Å². The van der Waals surface area contributed by atoms with Gasteiger partial charge in [0.1, 0.15) is 0 Å². The topological polar surface area (TPSA) is 94.0 Å². The van der Waals surface area contributed by atoms with Crippen molar-refractivity contribution in [2.24, 2.45) is 0 Å². The van der Waals surface area contributed by atoms with Crippen LogP contribution in [0.25, 0.3) is 0 Å². The molecule has 6 nitrogen and oxygen atoms in total. The molecular weight excluding hydrogens is 512 g/mol. The molecule has 4 rings (SSSR count). The van der Waals surface area contributed by atoms with Crippen LogP contribution in [-0.2, 0) is 15.0 Å². The van der Waals surface area contributed by atoms with Gasteiger partial charge in [0.05, 0.1) is 28.3 Å². The molecule has 0 saturated carbocycles. The number of thiophene rings is 1. The second-order valence-electron chi connectivity index (χ2n) is 9.95. The van der Waals surface area contributed by atoms with E-state index in [4.69, 9.17) is 0 Å². The molecule has 2 aromatic carbocycles. The summed E-state index contributed by atoms with van der Waals surface area (Å²) in [6, 6.07) is 23.2. The molecule has 0 aliphatic carbocycles. The number of hydrogen-bond acceptors (Lipinski definition) is 6. The van der Waals surface area contributed by atoms with E-state index in [-0.39, 0.29) is 23.0 Å². The predicted octanol–water partition coefficient (Wildman–Crippen LogP) is 6.75. The third-order valence-corrected chi connectivity index (χ3v) is 8.09. The quantitative estimate of drug-likeness (QED) is 0.307. The van der Waals surface area contributed by atoms with Crippen LogP contribution in [0.3, 0.4) is 0 Å². The molecule has 8 heteroatoms. The van der Waals surface area contributed by atoms with E-state index in [1.807, 2.05) is 79.0 Å². The van der Waals surface area contributed by atoms with Crippen molar-refractivity contribution in [3.05, 3.63) is 104 Å².